The Kier molecular flexibility index (Phi) is 26.4. The van der Waals surface area contributed by atoms with Gasteiger partial charge in [-0.3, -0.25) is 27.4 Å². The second-order valence-electron chi connectivity index (χ2n) is 28.9. The minimum Gasteiger partial charge on any atom is -0.858 e. The summed E-state index contributed by atoms with van der Waals surface area (Å²) in [6, 6.07) is -1.83. The van der Waals surface area contributed by atoms with Crippen molar-refractivity contribution in [2.45, 2.75) is 217 Å². The average Bonchev–Trinajstić information content (AvgIpc) is 1.61. The van der Waals surface area contributed by atoms with Crippen LogP contribution in [-0.4, -0.2) is 168 Å². The van der Waals surface area contributed by atoms with E-state index < -0.39 is 155 Å². The van der Waals surface area contributed by atoms with Crippen LogP contribution in [0, 0.1) is 41.5 Å². The fourth-order valence-corrected chi connectivity index (χ4v) is 15.2. The van der Waals surface area contributed by atoms with E-state index in [1.807, 2.05) is 12.4 Å². The molecular weight excluding hydrogens is 2070 g/mol. The first-order chi connectivity index (χ1) is 53.7. The third kappa shape index (κ3) is 18.0. The van der Waals surface area contributed by atoms with Crippen LogP contribution in [-0.2, 0) is 137 Å². The predicted molar refractivity (Wildman–Crippen MR) is 359 cm³/mol. The maximum Gasteiger partial charge on any atom is 2.00 e. The summed E-state index contributed by atoms with van der Waals surface area (Å²) in [5.41, 5.74) is -0.105. The molecule has 10 aromatic rings. The van der Waals surface area contributed by atoms with Crippen molar-refractivity contribution in [2.75, 3.05) is 13.2 Å². The zero-order chi connectivity index (χ0) is 78.8. The molecule has 0 amide bonds. The Labute approximate surface area is 710 Å². The van der Waals surface area contributed by atoms with Crippen LogP contribution in [0.1, 0.15) is 169 Å². The Balaban J connectivity index is 0.000000207. The molecule has 0 aliphatic carbocycles. The van der Waals surface area contributed by atoms with Crippen molar-refractivity contribution in [3.8, 4) is 35.3 Å². The minimum absolute atomic E-state index is 0. The van der Waals surface area contributed by atoms with Crippen molar-refractivity contribution >= 4 is 0 Å². The van der Waals surface area contributed by atoms with Gasteiger partial charge in [-0.05, 0) is 136 Å². The molecule has 16 atom stereocenters. The summed E-state index contributed by atoms with van der Waals surface area (Å²) < 4.78 is 51.7. The molecule has 6 aliphatic heterocycles. The molecule has 592 valence electrons. The standard InChI is InChI=1S/2C34H40N12O10.3Hg/c2*1-16-10-42(32(51)35-29(16)48)26-5-4-21(54-26)6-19-13-45(40-38-19)22-8-27(43-11-17(2)30(49)36-33(43)52)55-24(22)7-20-14-46(41-39-20)23-9-28(56-25(23)15-47)44-12-18(3)31(50)37-34(44)53;;;/h2*10-14,21-28,47H,4-9,15H2,1-3H3,(H3,35,36,37,48,49,50,51,52,53);;;/q;;3*+2/p-4. The van der Waals surface area contributed by atoms with Crippen LogP contribution in [0.25, 0.3) is 0 Å². The molecule has 16 unspecified atom stereocenters. The molecule has 47 heteroatoms. The van der Waals surface area contributed by atoms with Gasteiger partial charge in [-0.15, -0.1) is 10.2 Å². The number of rotatable bonds is 20. The van der Waals surface area contributed by atoms with Gasteiger partial charge in [0.1, 0.15) is 61.8 Å². The van der Waals surface area contributed by atoms with Gasteiger partial charge in [-0.2, -0.15) is 9.36 Å². The number of hydrogen-bond acceptors (Lipinski definition) is 32. The zero-order valence-electron chi connectivity index (χ0n) is 63.1. The van der Waals surface area contributed by atoms with Crippen molar-refractivity contribution in [1.29, 1.82) is 0 Å². The third-order valence-corrected chi connectivity index (χ3v) is 21.1. The Bertz CT molecular complexity index is 5240. The van der Waals surface area contributed by atoms with Gasteiger partial charge in [-0.1, -0.05) is 20.9 Å². The first-order valence-corrected chi connectivity index (χ1v) is 36.2. The van der Waals surface area contributed by atoms with E-state index in [-0.39, 0.29) is 156 Å². The second-order valence-corrected chi connectivity index (χ2v) is 28.9. The zero-order valence-corrected chi connectivity index (χ0v) is 79.6. The number of aliphatic hydroxyl groups excluding tert-OH is 2. The van der Waals surface area contributed by atoms with Crippen molar-refractivity contribution in [3.63, 3.8) is 0 Å². The number of hydrogen-bond donors (Lipinski definition) is 4. The van der Waals surface area contributed by atoms with E-state index >= 15 is 0 Å². The summed E-state index contributed by atoms with van der Waals surface area (Å²) in [5.74, 6) is -3.60. The van der Waals surface area contributed by atoms with Crippen molar-refractivity contribution in [2.24, 2.45) is 0 Å². The summed E-state index contributed by atoms with van der Waals surface area (Å²) in [7, 11) is 0. The Morgan fingerprint density at radius 3 is 0.948 bits per heavy atom. The minimum atomic E-state index is -0.802. The number of nitrogens with zero attached hydrogens (tertiary/aromatic N) is 22. The predicted octanol–water partition coefficient (Wildman–Crippen LogP) is -5.37. The van der Waals surface area contributed by atoms with Gasteiger partial charge < -0.3 is 69.3 Å². The fourth-order valence-electron chi connectivity index (χ4n) is 15.2. The number of nitrogens with one attached hydrogen (secondary N) is 2. The monoisotopic (exact) mass is 2150 g/mol. The Hall–Kier alpha value is -8.87. The van der Waals surface area contributed by atoms with Gasteiger partial charge in [-0.25, -0.2) is 68.0 Å². The molecule has 0 spiro atoms. The van der Waals surface area contributed by atoms with Gasteiger partial charge in [0, 0.05) is 111 Å². The van der Waals surface area contributed by atoms with Crippen LogP contribution < -0.4 is 74.1 Å². The molecule has 0 bridgehead atoms. The second kappa shape index (κ2) is 35.5. The number of aromatic amines is 2. The number of ether oxygens (including phenoxy) is 6. The fraction of sp³-hybridized carbons (Fsp3) is 0.529. The third-order valence-electron chi connectivity index (χ3n) is 21.1. The first kappa shape index (κ1) is 85.5. The van der Waals surface area contributed by atoms with Gasteiger partial charge in [0.2, 0.25) is 11.4 Å². The summed E-state index contributed by atoms with van der Waals surface area (Å²) in [5, 5.41) is 124. The number of aryl methyl sites for hydroxylation is 6. The summed E-state index contributed by atoms with van der Waals surface area (Å²) >= 11 is 0. The Morgan fingerprint density at radius 1 is 0.374 bits per heavy atom. The molecule has 0 aromatic carbocycles. The van der Waals surface area contributed by atoms with E-state index in [0.717, 1.165) is 0 Å². The van der Waals surface area contributed by atoms with Crippen LogP contribution in [0.2, 0.25) is 0 Å². The number of aliphatic hydroxyl groups is 2. The maximum absolute atomic E-state index is 12.9. The molecule has 6 fully saturated rings. The van der Waals surface area contributed by atoms with E-state index in [0.29, 0.717) is 85.3 Å². The van der Waals surface area contributed by atoms with Crippen LogP contribution in [0.3, 0.4) is 0 Å². The maximum atomic E-state index is 12.9. The Morgan fingerprint density at radius 2 is 0.652 bits per heavy atom. The van der Waals surface area contributed by atoms with Crippen LogP contribution in [0.15, 0.2) is 90.7 Å². The molecular formula is C68H76Hg3N24O20+2. The van der Waals surface area contributed by atoms with Crippen LogP contribution in [0.4, 0.5) is 0 Å². The van der Waals surface area contributed by atoms with Gasteiger partial charge in [0.05, 0.1) is 48.9 Å². The van der Waals surface area contributed by atoms with E-state index in [1.165, 1.54) is 64.6 Å². The molecule has 4 N–H and O–H groups in total. The van der Waals surface area contributed by atoms with Crippen LogP contribution in [0.5, 0.6) is 35.3 Å². The normalized spacial score (nSPS) is 25.7. The summed E-state index contributed by atoms with van der Waals surface area (Å²) in [6.45, 7) is 8.67. The molecule has 44 nitrogen and oxygen atoms in total. The molecule has 0 saturated carbocycles. The summed E-state index contributed by atoms with van der Waals surface area (Å²) in [6.07, 6.45) is 12.9. The van der Waals surface area contributed by atoms with E-state index in [1.54, 1.807) is 72.7 Å². The summed E-state index contributed by atoms with van der Waals surface area (Å²) in [4.78, 5) is 96.9. The van der Waals surface area contributed by atoms with Gasteiger partial charge in [0.25, 0.3) is 0 Å². The van der Waals surface area contributed by atoms with Gasteiger partial charge >= 0.3 is 117 Å². The molecule has 0 radical (unpaired) electrons. The van der Waals surface area contributed by atoms with Crippen molar-refractivity contribution in [1.82, 2.24) is 108 Å². The molecule has 16 heterocycles. The molecule has 6 aliphatic rings. The molecule has 10 aromatic heterocycles. The molecule has 6 saturated heterocycles. The molecule has 16 rings (SSSR count). The smallest absolute Gasteiger partial charge is 0.858 e. The van der Waals surface area contributed by atoms with E-state index in [4.69, 9.17) is 28.4 Å². The quantitative estimate of drug-likeness (QED) is 0.0409. The van der Waals surface area contributed by atoms with Crippen LogP contribution >= 0.6 is 0 Å². The number of aromatic nitrogens is 24. The first-order valence-electron chi connectivity index (χ1n) is 36.2. The number of H-pyrrole nitrogens is 2. The SMILES string of the molecule is Cc1cn(C2CCC(Cc3c[n+](C4CC(n5cc(C)c([O-])nc5=O)OC4Cc4cn(C5CC(n6cc(C)c([O-])nc6=O)OC5CO)nn4)[nH]n3)O2)c(=O)nc1[O-].Cc1cn(C2CCC(Cc3c[n+](C4CC(n5cc(C)c([O-])nc5=O)OC4Cc4cn(C5CC(n6cc(C)c([O-])nc6=O)OC5CO)nn4)[nH]n3)O2)c(=O)nc1[O-].[Hg+2].[Hg+2].[Hg+2]. The van der Waals surface area contributed by atoms with Crippen molar-refractivity contribution < 1.29 is 162 Å². The van der Waals surface area contributed by atoms with Crippen molar-refractivity contribution in [3.05, 3.63) is 181 Å². The topological polar surface area (TPSA) is 570 Å². The average molecular weight is 2150 g/mol. The largest absolute Gasteiger partial charge is 2.00 e. The van der Waals surface area contributed by atoms with E-state index in [9.17, 15) is 69.6 Å². The van der Waals surface area contributed by atoms with Gasteiger partial charge in [0.15, 0.2) is 24.5 Å². The molecule has 115 heavy (non-hydrogen) atoms. The van der Waals surface area contributed by atoms with E-state index in [2.05, 4.69) is 71.2 Å².